The number of rotatable bonds is 5. The quantitative estimate of drug-likeness (QED) is 0.863. The fraction of sp³-hybridized carbons (Fsp3) is 0.500. The van der Waals surface area contributed by atoms with Crippen LogP contribution in [0.2, 0.25) is 0 Å². The molecule has 96 valence electrons. The van der Waals surface area contributed by atoms with E-state index < -0.39 is 11.7 Å². The van der Waals surface area contributed by atoms with Crippen molar-refractivity contribution in [1.29, 1.82) is 0 Å². The lowest BCUT2D eigenvalue weighted by Gasteiger charge is -2.17. The molecule has 0 saturated carbocycles. The molecule has 0 fully saturated rings. The first-order valence-corrected chi connectivity index (χ1v) is 5.41. The predicted octanol–water partition coefficient (Wildman–Crippen LogP) is 3.00. The number of hydrogen-bond donors (Lipinski definition) is 1. The maximum atomic E-state index is 12.5. The molecule has 0 bridgehead atoms. The van der Waals surface area contributed by atoms with Crippen LogP contribution in [0.25, 0.3) is 0 Å². The molecule has 17 heavy (non-hydrogen) atoms. The van der Waals surface area contributed by atoms with Gasteiger partial charge >= 0.3 is 6.18 Å². The van der Waals surface area contributed by atoms with Crippen molar-refractivity contribution < 1.29 is 17.9 Å². The Bertz CT molecular complexity index is 352. The summed E-state index contributed by atoms with van der Waals surface area (Å²) in [5.74, 6) is 0. The van der Waals surface area contributed by atoms with E-state index in [1.807, 2.05) is 6.92 Å². The molecule has 1 aromatic carbocycles. The molecule has 1 rings (SSSR count). The van der Waals surface area contributed by atoms with Crippen molar-refractivity contribution in [2.75, 3.05) is 20.3 Å². The van der Waals surface area contributed by atoms with Gasteiger partial charge < -0.3 is 10.1 Å². The second kappa shape index (κ2) is 6.02. The van der Waals surface area contributed by atoms with Crippen LogP contribution in [-0.4, -0.2) is 20.3 Å². The van der Waals surface area contributed by atoms with Gasteiger partial charge in [-0.15, -0.1) is 0 Å². The van der Waals surface area contributed by atoms with Crippen LogP contribution in [0.4, 0.5) is 13.2 Å². The number of alkyl halides is 3. The summed E-state index contributed by atoms with van der Waals surface area (Å²) >= 11 is 0. The Kier molecular flexibility index (Phi) is 4.96. The maximum absolute atomic E-state index is 12.5. The van der Waals surface area contributed by atoms with Crippen molar-refractivity contribution in [1.82, 2.24) is 5.32 Å². The molecule has 0 saturated heterocycles. The van der Waals surface area contributed by atoms with Gasteiger partial charge in [0.25, 0.3) is 0 Å². The van der Waals surface area contributed by atoms with E-state index in [1.165, 1.54) is 6.07 Å². The van der Waals surface area contributed by atoms with Gasteiger partial charge in [-0.05, 0) is 31.7 Å². The normalized spacial score (nSPS) is 13.7. The molecule has 0 aliphatic carbocycles. The molecule has 0 heterocycles. The molecule has 0 aliphatic heterocycles. The van der Waals surface area contributed by atoms with E-state index in [1.54, 1.807) is 13.1 Å². The molecule has 0 aliphatic rings. The van der Waals surface area contributed by atoms with Gasteiger partial charge in [0.2, 0.25) is 0 Å². The fourth-order valence-electron chi connectivity index (χ4n) is 1.51. The fourth-order valence-corrected chi connectivity index (χ4v) is 1.51. The summed E-state index contributed by atoms with van der Waals surface area (Å²) in [6.45, 7) is 2.74. The lowest BCUT2D eigenvalue weighted by Crippen LogP contribution is -2.22. The van der Waals surface area contributed by atoms with E-state index in [0.717, 1.165) is 12.1 Å². The Labute approximate surface area is 98.8 Å². The van der Waals surface area contributed by atoms with Crippen LogP contribution in [0.1, 0.15) is 24.1 Å². The maximum Gasteiger partial charge on any atom is 0.416 e. The van der Waals surface area contributed by atoms with E-state index in [4.69, 9.17) is 4.74 Å². The summed E-state index contributed by atoms with van der Waals surface area (Å²) in [7, 11) is 1.70. The van der Waals surface area contributed by atoms with Gasteiger partial charge in [-0.3, -0.25) is 0 Å². The highest BCUT2D eigenvalue weighted by molar-refractivity contribution is 5.28. The van der Waals surface area contributed by atoms with Gasteiger partial charge in [0.1, 0.15) is 0 Å². The topological polar surface area (TPSA) is 21.3 Å². The number of hydrogen-bond acceptors (Lipinski definition) is 2. The van der Waals surface area contributed by atoms with Crippen LogP contribution in [0, 0.1) is 0 Å². The summed E-state index contributed by atoms with van der Waals surface area (Å²) in [5, 5.41) is 2.94. The van der Waals surface area contributed by atoms with Crippen LogP contribution >= 0.6 is 0 Å². The molecule has 1 unspecified atom stereocenters. The highest BCUT2D eigenvalue weighted by Gasteiger charge is 2.30. The average Bonchev–Trinajstić information content (AvgIpc) is 2.29. The third-order valence-corrected chi connectivity index (χ3v) is 2.45. The Morgan fingerprint density at radius 1 is 1.35 bits per heavy atom. The van der Waals surface area contributed by atoms with Crippen molar-refractivity contribution in [2.45, 2.75) is 19.1 Å². The standard InChI is InChI=1S/C12H16F3NO/c1-3-17-8-11(16-2)9-5-4-6-10(7-9)12(13,14)15/h4-7,11,16H,3,8H2,1-2H3. The molecule has 0 amide bonds. The zero-order valence-electron chi connectivity index (χ0n) is 9.84. The van der Waals surface area contributed by atoms with Crippen LogP contribution in [0.3, 0.4) is 0 Å². The van der Waals surface area contributed by atoms with Gasteiger partial charge in [0.15, 0.2) is 0 Å². The van der Waals surface area contributed by atoms with Gasteiger partial charge in [0.05, 0.1) is 18.2 Å². The zero-order chi connectivity index (χ0) is 12.9. The summed E-state index contributed by atoms with van der Waals surface area (Å²) in [6.07, 6.45) is -4.31. The molecule has 5 heteroatoms. The summed E-state index contributed by atoms with van der Waals surface area (Å²) in [6, 6.07) is 5.07. The Hall–Kier alpha value is -1.07. The molecule has 1 atom stereocenters. The lowest BCUT2D eigenvalue weighted by atomic mass is 10.0. The van der Waals surface area contributed by atoms with E-state index in [9.17, 15) is 13.2 Å². The molecule has 0 aromatic heterocycles. The Morgan fingerprint density at radius 2 is 2.06 bits per heavy atom. The van der Waals surface area contributed by atoms with Gasteiger partial charge in [-0.1, -0.05) is 12.1 Å². The second-order valence-corrected chi connectivity index (χ2v) is 3.62. The van der Waals surface area contributed by atoms with Crippen molar-refractivity contribution in [2.24, 2.45) is 0 Å². The first-order valence-electron chi connectivity index (χ1n) is 5.41. The van der Waals surface area contributed by atoms with Gasteiger partial charge in [0, 0.05) is 6.61 Å². The van der Waals surface area contributed by atoms with E-state index >= 15 is 0 Å². The number of benzene rings is 1. The minimum absolute atomic E-state index is 0.225. The minimum atomic E-state index is -4.31. The van der Waals surface area contributed by atoms with Crippen molar-refractivity contribution in [3.05, 3.63) is 35.4 Å². The molecule has 1 aromatic rings. The third kappa shape index (κ3) is 4.02. The second-order valence-electron chi connectivity index (χ2n) is 3.62. The number of nitrogens with one attached hydrogen (secondary N) is 1. The monoisotopic (exact) mass is 247 g/mol. The summed E-state index contributed by atoms with van der Waals surface area (Å²) < 4.78 is 42.8. The first-order chi connectivity index (χ1) is 7.99. The number of likely N-dealkylation sites (N-methyl/N-ethyl adjacent to an activating group) is 1. The Balaban J connectivity index is 2.89. The molecule has 0 radical (unpaired) electrons. The van der Waals surface area contributed by atoms with Crippen LogP contribution in [-0.2, 0) is 10.9 Å². The van der Waals surface area contributed by atoms with E-state index in [0.29, 0.717) is 18.8 Å². The average molecular weight is 247 g/mol. The van der Waals surface area contributed by atoms with E-state index in [2.05, 4.69) is 5.32 Å². The Morgan fingerprint density at radius 3 is 2.59 bits per heavy atom. The molecule has 0 spiro atoms. The molecular formula is C12H16F3NO. The predicted molar refractivity (Wildman–Crippen MR) is 59.7 cm³/mol. The smallest absolute Gasteiger partial charge is 0.380 e. The van der Waals surface area contributed by atoms with Gasteiger partial charge in [-0.25, -0.2) is 0 Å². The molecule has 2 nitrogen and oxygen atoms in total. The largest absolute Gasteiger partial charge is 0.416 e. The number of halogens is 3. The summed E-state index contributed by atoms with van der Waals surface area (Å²) in [4.78, 5) is 0. The SMILES string of the molecule is CCOCC(NC)c1cccc(C(F)(F)F)c1. The zero-order valence-corrected chi connectivity index (χ0v) is 9.84. The van der Waals surface area contributed by atoms with Crippen LogP contribution < -0.4 is 5.32 Å². The van der Waals surface area contributed by atoms with Crippen molar-refractivity contribution in [3.8, 4) is 0 Å². The van der Waals surface area contributed by atoms with Crippen molar-refractivity contribution in [3.63, 3.8) is 0 Å². The highest BCUT2D eigenvalue weighted by atomic mass is 19.4. The number of ether oxygens (including phenoxy) is 1. The lowest BCUT2D eigenvalue weighted by molar-refractivity contribution is -0.137. The van der Waals surface area contributed by atoms with Crippen LogP contribution in [0.5, 0.6) is 0 Å². The molecule has 1 N–H and O–H groups in total. The third-order valence-electron chi connectivity index (χ3n) is 2.45. The first kappa shape index (κ1) is 14.0. The van der Waals surface area contributed by atoms with Gasteiger partial charge in [-0.2, -0.15) is 13.2 Å². The minimum Gasteiger partial charge on any atom is -0.380 e. The molecular weight excluding hydrogens is 231 g/mol. The highest BCUT2D eigenvalue weighted by Crippen LogP contribution is 2.30. The van der Waals surface area contributed by atoms with E-state index in [-0.39, 0.29) is 6.04 Å². The van der Waals surface area contributed by atoms with Crippen LogP contribution in [0.15, 0.2) is 24.3 Å². The van der Waals surface area contributed by atoms with Crippen molar-refractivity contribution >= 4 is 0 Å². The summed E-state index contributed by atoms with van der Waals surface area (Å²) in [5.41, 5.74) is -0.0532.